The van der Waals surface area contributed by atoms with Crippen molar-refractivity contribution in [2.24, 2.45) is 0 Å². The molecule has 146 valence electrons. The maximum Gasteiger partial charge on any atom is 0.416 e. The van der Waals surface area contributed by atoms with Crippen LogP contribution in [0.2, 0.25) is 0 Å². The summed E-state index contributed by atoms with van der Waals surface area (Å²) in [6.07, 6.45) is -4.50. The van der Waals surface area contributed by atoms with Gasteiger partial charge in [0.25, 0.3) is 5.91 Å². The molecule has 0 radical (unpaired) electrons. The van der Waals surface area contributed by atoms with Gasteiger partial charge < -0.3 is 10.1 Å². The first kappa shape index (κ1) is 19.4. The number of hydrogen-bond donors (Lipinski definition) is 1. The normalized spacial score (nSPS) is 11.3. The third-order valence-corrected chi connectivity index (χ3v) is 3.71. The summed E-state index contributed by atoms with van der Waals surface area (Å²) >= 11 is 0. The van der Waals surface area contributed by atoms with Gasteiger partial charge in [0.15, 0.2) is 18.2 Å². The first-order valence-corrected chi connectivity index (χ1v) is 8.15. The number of nitrogens with zero attached hydrogens (tertiary/aromatic N) is 2. The summed E-state index contributed by atoms with van der Waals surface area (Å²) in [6, 6.07) is 11.7. The lowest BCUT2D eigenvalue weighted by Gasteiger charge is -2.12. The van der Waals surface area contributed by atoms with Gasteiger partial charge in [-0.3, -0.25) is 4.79 Å². The predicted molar refractivity (Wildman–Crippen MR) is 93.8 cm³/mol. The molecule has 0 aliphatic carbocycles. The Labute approximate surface area is 157 Å². The molecule has 5 nitrogen and oxygen atoms in total. The number of carbonyl (C=O) groups is 1. The minimum Gasteiger partial charge on any atom is -0.481 e. The average molecular weight is 393 g/mol. The van der Waals surface area contributed by atoms with Gasteiger partial charge in [-0.05, 0) is 37.3 Å². The molecule has 0 saturated carbocycles. The zero-order valence-electron chi connectivity index (χ0n) is 14.6. The number of hydrogen-bond acceptors (Lipinski definition) is 3. The Hall–Kier alpha value is -3.36. The summed E-state index contributed by atoms with van der Waals surface area (Å²) in [7, 11) is 0. The molecular formula is C19H15F4N3O2. The van der Waals surface area contributed by atoms with E-state index in [4.69, 9.17) is 4.74 Å². The highest BCUT2D eigenvalue weighted by Gasteiger charge is 2.30. The summed E-state index contributed by atoms with van der Waals surface area (Å²) in [4.78, 5) is 12.1. The Morgan fingerprint density at radius 3 is 2.61 bits per heavy atom. The fourth-order valence-corrected chi connectivity index (χ4v) is 2.48. The number of carbonyl (C=O) groups excluding carboxylic acids is 1. The van der Waals surface area contributed by atoms with Crippen LogP contribution in [0.5, 0.6) is 5.75 Å². The van der Waals surface area contributed by atoms with Crippen LogP contribution in [0.4, 0.5) is 23.4 Å². The molecule has 9 heteroatoms. The molecule has 2 aromatic carbocycles. The standard InChI is InChI=1S/C19H15F4N3O2/c1-12-9-17(24-18(27)11-28-16-8-3-2-7-15(16)20)26(25-12)14-6-4-5-13(10-14)19(21,22)23/h2-10H,11H2,1H3,(H,24,27). The molecule has 0 unspecified atom stereocenters. The number of benzene rings is 2. The molecule has 1 heterocycles. The maximum atomic E-state index is 13.5. The number of amides is 1. The number of anilines is 1. The molecule has 0 fully saturated rings. The second kappa shape index (κ2) is 7.71. The van der Waals surface area contributed by atoms with Crippen LogP contribution in [0.1, 0.15) is 11.3 Å². The van der Waals surface area contributed by atoms with Crippen LogP contribution in [0, 0.1) is 12.7 Å². The van der Waals surface area contributed by atoms with Crippen molar-refractivity contribution in [3.05, 3.63) is 71.7 Å². The minimum atomic E-state index is -4.50. The molecule has 1 N–H and O–H groups in total. The van der Waals surface area contributed by atoms with Crippen LogP contribution in [-0.2, 0) is 11.0 Å². The van der Waals surface area contributed by atoms with E-state index >= 15 is 0 Å². The van der Waals surface area contributed by atoms with E-state index in [0.717, 1.165) is 12.1 Å². The lowest BCUT2D eigenvalue weighted by molar-refractivity contribution is -0.137. The van der Waals surface area contributed by atoms with Gasteiger partial charge >= 0.3 is 6.18 Å². The predicted octanol–water partition coefficient (Wildman–Crippen LogP) is 4.36. The van der Waals surface area contributed by atoms with Crippen molar-refractivity contribution in [2.45, 2.75) is 13.1 Å². The number of rotatable bonds is 5. The topological polar surface area (TPSA) is 56.1 Å². The highest BCUT2D eigenvalue weighted by molar-refractivity contribution is 5.91. The number of ether oxygens (including phenoxy) is 1. The molecule has 0 aliphatic heterocycles. The third kappa shape index (κ3) is 4.48. The first-order chi connectivity index (χ1) is 13.2. The Bertz CT molecular complexity index is 999. The van der Waals surface area contributed by atoms with Gasteiger partial charge in [-0.1, -0.05) is 18.2 Å². The minimum absolute atomic E-state index is 0.0831. The number of halogens is 4. The quantitative estimate of drug-likeness (QED) is 0.656. The number of aryl methyl sites for hydroxylation is 1. The average Bonchev–Trinajstić information content (AvgIpc) is 3.00. The zero-order chi connectivity index (χ0) is 20.3. The fourth-order valence-electron chi connectivity index (χ4n) is 2.48. The van der Waals surface area contributed by atoms with E-state index in [1.54, 1.807) is 13.0 Å². The smallest absolute Gasteiger partial charge is 0.416 e. The van der Waals surface area contributed by atoms with Gasteiger partial charge in [-0.2, -0.15) is 18.3 Å². The van der Waals surface area contributed by atoms with Crippen molar-refractivity contribution in [3.8, 4) is 11.4 Å². The highest BCUT2D eigenvalue weighted by atomic mass is 19.4. The van der Waals surface area contributed by atoms with Gasteiger partial charge in [-0.25, -0.2) is 9.07 Å². The zero-order valence-corrected chi connectivity index (χ0v) is 14.6. The van der Waals surface area contributed by atoms with Gasteiger partial charge in [0.05, 0.1) is 16.9 Å². The lowest BCUT2D eigenvalue weighted by Crippen LogP contribution is -2.22. The number of nitrogens with one attached hydrogen (secondary N) is 1. The van der Waals surface area contributed by atoms with Crippen molar-refractivity contribution < 1.29 is 27.1 Å². The molecule has 3 rings (SSSR count). The summed E-state index contributed by atoms with van der Waals surface area (Å²) in [5.74, 6) is -1.14. The van der Waals surface area contributed by atoms with Gasteiger partial charge in [0, 0.05) is 6.07 Å². The Morgan fingerprint density at radius 1 is 1.14 bits per heavy atom. The second-order valence-corrected chi connectivity index (χ2v) is 5.90. The summed E-state index contributed by atoms with van der Waals surface area (Å²) < 4.78 is 58.7. The number of para-hydroxylation sites is 1. The Balaban J connectivity index is 1.77. The van der Waals surface area contributed by atoms with Gasteiger partial charge in [0.2, 0.25) is 0 Å². The van der Waals surface area contributed by atoms with Crippen LogP contribution in [-0.4, -0.2) is 22.3 Å². The second-order valence-electron chi connectivity index (χ2n) is 5.90. The lowest BCUT2D eigenvalue weighted by atomic mass is 10.2. The summed E-state index contributed by atoms with van der Waals surface area (Å²) in [6.45, 7) is 1.16. The summed E-state index contributed by atoms with van der Waals surface area (Å²) in [5.41, 5.74) is -0.214. The van der Waals surface area contributed by atoms with E-state index in [9.17, 15) is 22.4 Å². The number of aromatic nitrogens is 2. The Morgan fingerprint density at radius 2 is 1.89 bits per heavy atom. The van der Waals surface area contributed by atoms with Crippen molar-refractivity contribution in [3.63, 3.8) is 0 Å². The van der Waals surface area contributed by atoms with Crippen molar-refractivity contribution >= 4 is 11.7 Å². The van der Waals surface area contributed by atoms with Crippen molar-refractivity contribution in [1.82, 2.24) is 9.78 Å². The molecule has 0 saturated heterocycles. The van der Waals surface area contributed by atoms with E-state index in [0.29, 0.717) is 5.69 Å². The van der Waals surface area contributed by atoms with E-state index in [-0.39, 0.29) is 17.3 Å². The van der Waals surface area contributed by atoms with Crippen LogP contribution in [0.25, 0.3) is 5.69 Å². The first-order valence-electron chi connectivity index (χ1n) is 8.15. The molecular weight excluding hydrogens is 378 g/mol. The van der Waals surface area contributed by atoms with Crippen LogP contribution >= 0.6 is 0 Å². The molecule has 1 amide bonds. The molecule has 1 aromatic heterocycles. The largest absolute Gasteiger partial charge is 0.481 e. The monoisotopic (exact) mass is 393 g/mol. The SMILES string of the molecule is Cc1cc(NC(=O)COc2ccccc2F)n(-c2cccc(C(F)(F)F)c2)n1. The molecule has 0 aliphatic rings. The Kier molecular flexibility index (Phi) is 5.34. The van der Waals surface area contributed by atoms with E-state index in [2.05, 4.69) is 10.4 Å². The molecule has 0 bridgehead atoms. The highest BCUT2D eigenvalue weighted by Crippen LogP contribution is 2.31. The molecule has 28 heavy (non-hydrogen) atoms. The third-order valence-electron chi connectivity index (χ3n) is 3.71. The van der Waals surface area contributed by atoms with Crippen LogP contribution in [0.3, 0.4) is 0 Å². The fraction of sp³-hybridized carbons (Fsp3) is 0.158. The van der Waals surface area contributed by atoms with E-state index in [1.807, 2.05) is 0 Å². The van der Waals surface area contributed by atoms with Crippen LogP contribution < -0.4 is 10.1 Å². The molecule has 0 atom stereocenters. The molecule has 3 aromatic rings. The van der Waals surface area contributed by atoms with Gasteiger partial charge in [0.1, 0.15) is 5.82 Å². The van der Waals surface area contributed by atoms with Crippen LogP contribution in [0.15, 0.2) is 54.6 Å². The molecule has 0 spiro atoms. The summed E-state index contributed by atoms with van der Waals surface area (Å²) in [5, 5.41) is 6.63. The van der Waals surface area contributed by atoms with E-state index < -0.39 is 30.1 Å². The number of alkyl halides is 3. The van der Waals surface area contributed by atoms with Crippen molar-refractivity contribution in [1.29, 1.82) is 0 Å². The van der Waals surface area contributed by atoms with Gasteiger partial charge in [-0.15, -0.1) is 0 Å². The maximum absolute atomic E-state index is 13.5. The van der Waals surface area contributed by atoms with Crippen molar-refractivity contribution in [2.75, 3.05) is 11.9 Å². The van der Waals surface area contributed by atoms with E-state index in [1.165, 1.54) is 41.1 Å².